The molecule has 0 aliphatic heterocycles. The quantitative estimate of drug-likeness (QED) is 0.770. The van der Waals surface area contributed by atoms with Gasteiger partial charge in [0, 0.05) is 10.9 Å². The summed E-state index contributed by atoms with van der Waals surface area (Å²) < 4.78 is 0.761. The number of benzene rings is 1. The second kappa shape index (κ2) is 5.20. The number of aliphatic carboxylic acids is 1. The molecule has 0 atom stereocenters. The highest BCUT2D eigenvalue weighted by Gasteiger charge is 2.33. The number of hydrogen-bond acceptors (Lipinski definition) is 4. The molecule has 3 rings (SSSR count). The maximum atomic E-state index is 12.8. The maximum absolute atomic E-state index is 12.8. The molecule has 3 aromatic rings. The SMILES string of the molecule is CC(C)(C(=O)O)n1c(=O)[nH]c2scc(-c3ccccc3)c2c1=O. The third-order valence-electron chi connectivity index (χ3n) is 3.80. The third kappa shape index (κ3) is 2.29. The van der Waals surface area contributed by atoms with Crippen molar-refractivity contribution < 1.29 is 9.90 Å². The second-order valence-electron chi connectivity index (χ2n) is 5.65. The number of hydrogen-bond donors (Lipinski definition) is 2. The zero-order chi connectivity index (χ0) is 16.8. The smallest absolute Gasteiger partial charge is 0.330 e. The fourth-order valence-electron chi connectivity index (χ4n) is 2.45. The summed E-state index contributed by atoms with van der Waals surface area (Å²) >= 11 is 1.25. The van der Waals surface area contributed by atoms with Crippen LogP contribution in [0.25, 0.3) is 21.3 Å². The van der Waals surface area contributed by atoms with Crippen molar-refractivity contribution in [3.8, 4) is 11.1 Å². The Labute approximate surface area is 134 Å². The van der Waals surface area contributed by atoms with Crippen molar-refractivity contribution in [1.82, 2.24) is 9.55 Å². The van der Waals surface area contributed by atoms with Gasteiger partial charge < -0.3 is 5.11 Å². The summed E-state index contributed by atoms with van der Waals surface area (Å²) in [4.78, 5) is 39.5. The molecule has 2 aromatic heterocycles. The van der Waals surface area contributed by atoms with Gasteiger partial charge in [-0.3, -0.25) is 9.78 Å². The molecule has 0 saturated carbocycles. The minimum absolute atomic E-state index is 0.329. The van der Waals surface area contributed by atoms with E-state index in [1.165, 1.54) is 25.2 Å². The van der Waals surface area contributed by atoms with Crippen molar-refractivity contribution in [2.75, 3.05) is 0 Å². The lowest BCUT2D eigenvalue weighted by Gasteiger charge is -2.21. The van der Waals surface area contributed by atoms with Gasteiger partial charge in [-0.2, -0.15) is 0 Å². The van der Waals surface area contributed by atoms with E-state index in [-0.39, 0.29) is 0 Å². The molecule has 7 heteroatoms. The molecule has 6 nitrogen and oxygen atoms in total. The topological polar surface area (TPSA) is 92.2 Å². The van der Waals surface area contributed by atoms with Gasteiger partial charge in [0.2, 0.25) is 0 Å². The molecule has 2 heterocycles. The van der Waals surface area contributed by atoms with Crippen molar-refractivity contribution >= 4 is 27.5 Å². The number of nitrogens with one attached hydrogen (secondary N) is 1. The monoisotopic (exact) mass is 330 g/mol. The Morgan fingerprint density at radius 2 is 1.87 bits per heavy atom. The lowest BCUT2D eigenvalue weighted by Crippen LogP contribution is -2.50. The first-order valence-electron chi connectivity index (χ1n) is 6.90. The van der Waals surface area contributed by atoms with E-state index < -0.39 is 22.8 Å². The van der Waals surface area contributed by atoms with Crippen LogP contribution < -0.4 is 11.2 Å². The van der Waals surface area contributed by atoms with Gasteiger partial charge in [-0.05, 0) is 19.4 Å². The number of aromatic amines is 1. The first-order valence-corrected chi connectivity index (χ1v) is 7.78. The van der Waals surface area contributed by atoms with E-state index in [1.54, 1.807) is 5.38 Å². The number of aromatic nitrogens is 2. The molecular weight excluding hydrogens is 316 g/mol. The van der Waals surface area contributed by atoms with Crippen molar-refractivity contribution in [2.45, 2.75) is 19.4 Å². The van der Waals surface area contributed by atoms with E-state index in [0.717, 1.165) is 10.1 Å². The largest absolute Gasteiger partial charge is 0.480 e. The molecule has 1 aromatic carbocycles. The van der Waals surface area contributed by atoms with Crippen LogP contribution in [0, 0.1) is 0 Å². The van der Waals surface area contributed by atoms with Gasteiger partial charge in [-0.15, -0.1) is 11.3 Å². The number of thiophene rings is 1. The number of carbonyl (C=O) groups is 1. The Kier molecular flexibility index (Phi) is 3.45. The molecule has 0 saturated heterocycles. The van der Waals surface area contributed by atoms with Crippen LogP contribution in [0.5, 0.6) is 0 Å². The van der Waals surface area contributed by atoms with Crippen LogP contribution in [0.2, 0.25) is 0 Å². The number of carboxylic acid groups (broad SMARTS) is 1. The summed E-state index contributed by atoms with van der Waals surface area (Å²) in [6, 6.07) is 9.29. The Bertz CT molecular complexity index is 1010. The minimum Gasteiger partial charge on any atom is -0.480 e. The van der Waals surface area contributed by atoms with Crippen LogP contribution in [0.15, 0.2) is 45.3 Å². The van der Waals surface area contributed by atoms with E-state index in [9.17, 15) is 19.5 Å². The van der Waals surface area contributed by atoms with Crippen LogP contribution >= 0.6 is 11.3 Å². The standard InChI is InChI=1S/C16H14N2O4S/c1-16(2,14(20)21)18-13(19)11-10(9-6-4-3-5-7-9)8-23-12(11)17-15(18)22/h3-8H,1-2H3,(H,17,22)(H,20,21). The van der Waals surface area contributed by atoms with Crippen LogP contribution in [0.3, 0.4) is 0 Å². The Balaban J connectivity index is 2.41. The Morgan fingerprint density at radius 1 is 1.22 bits per heavy atom. The van der Waals surface area contributed by atoms with Gasteiger partial charge in [-0.25, -0.2) is 14.2 Å². The van der Waals surface area contributed by atoms with Crippen molar-refractivity contribution in [3.63, 3.8) is 0 Å². The highest BCUT2D eigenvalue weighted by atomic mass is 32.1. The summed E-state index contributed by atoms with van der Waals surface area (Å²) in [5.74, 6) is -1.25. The van der Waals surface area contributed by atoms with Crippen LogP contribution in [0.1, 0.15) is 13.8 Å². The summed E-state index contributed by atoms with van der Waals surface area (Å²) in [7, 11) is 0. The summed E-state index contributed by atoms with van der Waals surface area (Å²) in [6.45, 7) is 2.65. The first kappa shape index (κ1) is 15.2. The highest BCUT2D eigenvalue weighted by Crippen LogP contribution is 2.30. The highest BCUT2D eigenvalue weighted by molar-refractivity contribution is 7.17. The van der Waals surface area contributed by atoms with E-state index in [2.05, 4.69) is 4.98 Å². The molecule has 2 N–H and O–H groups in total. The molecule has 0 unspecified atom stereocenters. The zero-order valence-electron chi connectivity index (χ0n) is 12.5. The third-order valence-corrected chi connectivity index (χ3v) is 4.69. The average Bonchev–Trinajstić information content (AvgIpc) is 2.91. The van der Waals surface area contributed by atoms with E-state index in [4.69, 9.17) is 0 Å². The molecular formula is C16H14N2O4S. The van der Waals surface area contributed by atoms with Crippen molar-refractivity contribution in [3.05, 3.63) is 56.5 Å². The Morgan fingerprint density at radius 3 is 2.48 bits per heavy atom. The van der Waals surface area contributed by atoms with Crippen LogP contribution in [-0.4, -0.2) is 20.6 Å². The second-order valence-corrected chi connectivity index (χ2v) is 6.53. The lowest BCUT2D eigenvalue weighted by atomic mass is 10.0. The zero-order valence-corrected chi connectivity index (χ0v) is 13.3. The molecule has 0 aliphatic carbocycles. The molecule has 0 fully saturated rings. The first-order chi connectivity index (χ1) is 10.8. The number of fused-ring (bicyclic) bond motifs is 1. The van der Waals surface area contributed by atoms with Crippen LogP contribution in [-0.2, 0) is 10.3 Å². The fourth-order valence-corrected chi connectivity index (χ4v) is 3.40. The van der Waals surface area contributed by atoms with Gasteiger partial charge in [0.15, 0.2) is 0 Å². The number of H-pyrrole nitrogens is 1. The summed E-state index contributed by atoms with van der Waals surface area (Å²) in [5.41, 5.74) is -1.45. The van der Waals surface area contributed by atoms with Crippen molar-refractivity contribution in [2.24, 2.45) is 0 Å². The predicted molar refractivity (Wildman–Crippen MR) is 89.1 cm³/mol. The van der Waals surface area contributed by atoms with Crippen LogP contribution in [0.4, 0.5) is 0 Å². The van der Waals surface area contributed by atoms with Gasteiger partial charge in [0.1, 0.15) is 10.4 Å². The van der Waals surface area contributed by atoms with Crippen molar-refractivity contribution in [1.29, 1.82) is 0 Å². The average molecular weight is 330 g/mol. The van der Waals surface area contributed by atoms with E-state index in [1.807, 2.05) is 30.3 Å². The maximum Gasteiger partial charge on any atom is 0.330 e. The summed E-state index contributed by atoms with van der Waals surface area (Å²) in [6.07, 6.45) is 0. The van der Waals surface area contributed by atoms with Gasteiger partial charge in [-0.1, -0.05) is 30.3 Å². The van der Waals surface area contributed by atoms with Gasteiger partial charge in [0.05, 0.1) is 5.39 Å². The molecule has 0 amide bonds. The lowest BCUT2D eigenvalue weighted by molar-refractivity contribution is -0.146. The van der Waals surface area contributed by atoms with Gasteiger partial charge >= 0.3 is 11.7 Å². The van der Waals surface area contributed by atoms with E-state index >= 15 is 0 Å². The Hall–Kier alpha value is -2.67. The number of nitrogens with zero attached hydrogens (tertiary/aromatic N) is 1. The summed E-state index contributed by atoms with van der Waals surface area (Å²) in [5, 5.41) is 11.5. The van der Waals surface area contributed by atoms with Gasteiger partial charge in [0.25, 0.3) is 5.56 Å². The molecule has 0 spiro atoms. The predicted octanol–water partition coefficient (Wildman–Crippen LogP) is 2.24. The van der Waals surface area contributed by atoms with E-state index in [0.29, 0.717) is 15.8 Å². The molecule has 118 valence electrons. The normalized spacial score (nSPS) is 11.7. The fraction of sp³-hybridized carbons (Fsp3) is 0.188. The molecule has 0 aliphatic rings. The molecule has 23 heavy (non-hydrogen) atoms. The number of rotatable bonds is 3. The molecule has 0 bridgehead atoms. The minimum atomic E-state index is -1.64. The molecule has 0 radical (unpaired) electrons. The number of carboxylic acids is 1.